The number of alkyl halides is 3. The van der Waals surface area contributed by atoms with E-state index in [1.165, 1.54) is 12.1 Å². The van der Waals surface area contributed by atoms with Crippen molar-refractivity contribution in [3.63, 3.8) is 0 Å². The minimum Gasteiger partial charge on any atom is -0.481 e. The molecule has 3 unspecified atom stereocenters. The van der Waals surface area contributed by atoms with Gasteiger partial charge in [0.15, 0.2) is 0 Å². The molecule has 116 valence electrons. The molecule has 21 heavy (non-hydrogen) atoms. The second-order valence-electron chi connectivity index (χ2n) is 6.02. The van der Waals surface area contributed by atoms with Gasteiger partial charge in [-0.15, -0.1) is 0 Å². The lowest BCUT2D eigenvalue weighted by molar-refractivity contribution is -0.145. The molecule has 0 aromatic heterocycles. The maximum absolute atomic E-state index is 12.5. The highest BCUT2D eigenvalue weighted by Gasteiger charge is 2.34. The summed E-state index contributed by atoms with van der Waals surface area (Å²) in [7, 11) is 0. The molecule has 1 N–H and O–H groups in total. The largest absolute Gasteiger partial charge is 0.481 e. The number of hydrogen-bond donors (Lipinski definition) is 1. The first-order valence-electron chi connectivity index (χ1n) is 7.16. The predicted octanol–water partition coefficient (Wildman–Crippen LogP) is 4.38. The van der Waals surface area contributed by atoms with Gasteiger partial charge in [-0.25, -0.2) is 0 Å². The minimum atomic E-state index is -4.33. The van der Waals surface area contributed by atoms with Gasteiger partial charge in [-0.2, -0.15) is 13.2 Å². The molecule has 0 amide bonds. The van der Waals surface area contributed by atoms with Gasteiger partial charge >= 0.3 is 12.1 Å². The van der Waals surface area contributed by atoms with Crippen molar-refractivity contribution in [2.24, 2.45) is 17.8 Å². The fraction of sp³-hybridized carbons (Fsp3) is 0.562. The van der Waals surface area contributed by atoms with Crippen molar-refractivity contribution in [2.75, 3.05) is 0 Å². The smallest absolute Gasteiger partial charge is 0.416 e. The number of carboxylic acid groups (broad SMARTS) is 1. The summed E-state index contributed by atoms with van der Waals surface area (Å²) in [6.45, 7) is 2.10. The highest BCUT2D eigenvalue weighted by molar-refractivity contribution is 5.70. The van der Waals surface area contributed by atoms with Crippen LogP contribution in [-0.2, 0) is 17.4 Å². The predicted molar refractivity (Wildman–Crippen MR) is 72.8 cm³/mol. The molecule has 0 bridgehead atoms. The van der Waals surface area contributed by atoms with Gasteiger partial charge in [0.1, 0.15) is 0 Å². The molecule has 0 heterocycles. The van der Waals surface area contributed by atoms with Crippen LogP contribution in [0, 0.1) is 17.8 Å². The molecule has 1 aliphatic rings. The quantitative estimate of drug-likeness (QED) is 0.899. The van der Waals surface area contributed by atoms with Crippen LogP contribution in [0.1, 0.15) is 37.3 Å². The van der Waals surface area contributed by atoms with Crippen LogP contribution in [0.3, 0.4) is 0 Å². The molecule has 5 heteroatoms. The third-order valence-electron chi connectivity index (χ3n) is 4.34. The van der Waals surface area contributed by atoms with Crippen molar-refractivity contribution in [2.45, 2.75) is 38.8 Å². The van der Waals surface area contributed by atoms with Crippen LogP contribution in [0.5, 0.6) is 0 Å². The van der Waals surface area contributed by atoms with E-state index in [1.807, 2.05) is 0 Å². The van der Waals surface area contributed by atoms with Gasteiger partial charge in [-0.05, 0) is 55.2 Å². The van der Waals surface area contributed by atoms with E-state index in [2.05, 4.69) is 6.92 Å². The molecular formula is C16H19F3O2. The summed E-state index contributed by atoms with van der Waals surface area (Å²) < 4.78 is 37.6. The standard InChI is InChI=1S/C16H19F3O2/c1-10-2-7-14(15(20)21)12(8-10)9-11-3-5-13(6-4-11)16(17,18)19/h3-6,10,12,14H,2,7-9H2,1H3,(H,20,21). The average molecular weight is 300 g/mol. The topological polar surface area (TPSA) is 37.3 Å². The van der Waals surface area contributed by atoms with E-state index < -0.39 is 17.7 Å². The molecule has 2 nitrogen and oxygen atoms in total. The Labute approximate surface area is 122 Å². The Bertz CT molecular complexity index is 493. The number of rotatable bonds is 3. The zero-order chi connectivity index (χ0) is 15.6. The molecule has 1 fully saturated rings. The minimum absolute atomic E-state index is 0.00277. The second kappa shape index (κ2) is 6.08. The lowest BCUT2D eigenvalue weighted by Crippen LogP contribution is -2.31. The SMILES string of the molecule is CC1CCC(C(=O)O)C(Cc2ccc(C(F)(F)F)cc2)C1. The van der Waals surface area contributed by atoms with Crippen molar-refractivity contribution < 1.29 is 23.1 Å². The lowest BCUT2D eigenvalue weighted by Gasteiger charge is -2.32. The summed E-state index contributed by atoms with van der Waals surface area (Å²) in [4.78, 5) is 11.3. The number of carboxylic acids is 1. The number of hydrogen-bond acceptors (Lipinski definition) is 1. The van der Waals surface area contributed by atoms with Gasteiger partial charge < -0.3 is 5.11 Å². The number of benzene rings is 1. The van der Waals surface area contributed by atoms with Crippen LogP contribution < -0.4 is 0 Å². The molecule has 1 aromatic rings. The Hall–Kier alpha value is -1.52. The average Bonchev–Trinajstić information content (AvgIpc) is 2.38. The molecule has 0 saturated heterocycles. The van der Waals surface area contributed by atoms with Crippen molar-refractivity contribution >= 4 is 5.97 Å². The Balaban J connectivity index is 2.10. The van der Waals surface area contributed by atoms with Crippen LogP contribution in [0.15, 0.2) is 24.3 Å². The summed E-state index contributed by atoms with van der Waals surface area (Å²) >= 11 is 0. The summed E-state index contributed by atoms with van der Waals surface area (Å²) in [5.74, 6) is -0.703. The number of carbonyl (C=O) groups is 1. The van der Waals surface area contributed by atoms with Crippen LogP contribution in [0.25, 0.3) is 0 Å². The van der Waals surface area contributed by atoms with Crippen molar-refractivity contribution in [3.05, 3.63) is 35.4 Å². The molecule has 3 atom stereocenters. The Kier molecular flexibility index (Phi) is 4.59. The maximum atomic E-state index is 12.5. The summed E-state index contributed by atoms with van der Waals surface area (Å²) in [6.07, 6.45) is -1.43. The molecule has 1 aliphatic carbocycles. The highest BCUT2D eigenvalue weighted by Crippen LogP contribution is 2.36. The highest BCUT2D eigenvalue weighted by atomic mass is 19.4. The van der Waals surface area contributed by atoms with Crippen molar-refractivity contribution in [1.29, 1.82) is 0 Å². The van der Waals surface area contributed by atoms with Gasteiger partial charge in [-0.1, -0.05) is 19.1 Å². The molecule has 0 spiro atoms. The fourth-order valence-corrected chi connectivity index (χ4v) is 3.18. The van der Waals surface area contributed by atoms with Gasteiger partial charge in [0.25, 0.3) is 0 Å². The summed E-state index contributed by atoms with van der Waals surface area (Å²) in [5.41, 5.74) is 0.103. The van der Waals surface area contributed by atoms with Gasteiger partial charge in [0.2, 0.25) is 0 Å². The first kappa shape index (κ1) is 15.9. The zero-order valence-corrected chi connectivity index (χ0v) is 11.9. The Morgan fingerprint density at radius 1 is 1.24 bits per heavy atom. The van der Waals surface area contributed by atoms with E-state index in [-0.39, 0.29) is 11.8 Å². The summed E-state index contributed by atoms with van der Waals surface area (Å²) in [6, 6.07) is 5.05. The number of halogens is 3. The third kappa shape index (κ3) is 3.99. The molecule has 1 saturated carbocycles. The van der Waals surface area contributed by atoms with E-state index in [9.17, 15) is 23.1 Å². The van der Waals surface area contributed by atoms with Crippen LogP contribution in [-0.4, -0.2) is 11.1 Å². The molecule has 2 rings (SSSR count). The first-order chi connectivity index (χ1) is 9.77. The van der Waals surface area contributed by atoms with Crippen LogP contribution in [0.2, 0.25) is 0 Å². The van der Waals surface area contributed by atoms with Crippen molar-refractivity contribution in [1.82, 2.24) is 0 Å². The van der Waals surface area contributed by atoms with Gasteiger partial charge in [-0.3, -0.25) is 4.79 Å². The van der Waals surface area contributed by atoms with Gasteiger partial charge in [0, 0.05) is 0 Å². The maximum Gasteiger partial charge on any atom is 0.416 e. The van der Waals surface area contributed by atoms with E-state index >= 15 is 0 Å². The zero-order valence-electron chi connectivity index (χ0n) is 11.9. The van der Waals surface area contributed by atoms with E-state index in [1.54, 1.807) is 0 Å². The summed E-state index contributed by atoms with van der Waals surface area (Å²) in [5, 5.41) is 9.27. The van der Waals surface area contributed by atoms with E-state index in [0.29, 0.717) is 18.8 Å². The monoisotopic (exact) mass is 300 g/mol. The molecule has 1 aromatic carbocycles. The van der Waals surface area contributed by atoms with E-state index in [4.69, 9.17) is 0 Å². The fourth-order valence-electron chi connectivity index (χ4n) is 3.18. The van der Waals surface area contributed by atoms with Crippen LogP contribution >= 0.6 is 0 Å². The first-order valence-corrected chi connectivity index (χ1v) is 7.16. The van der Waals surface area contributed by atoms with Crippen LogP contribution in [0.4, 0.5) is 13.2 Å². The molecule has 0 aliphatic heterocycles. The van der Waals surface area contributed by atoms with Gasteiger partial charge in [0.05, 0.1) is 11.5 Å². The third-order valence-corrected chi connectivity index (χ3v) is 4.34. The Morgan fingerprint density at radius 3 is 2.38 bits per heavy atom. The molecular weight excluding hydrogens is 281 g/mol. The number of aliphatic carboxylic acids is 1. The Morgan fingerprint density at radius 2 is 1.86 bits per heavy atom. The second-order valence-corrected chi connectivity index (χ2v) is 6.02. The van der Waals surface area contributed by atoms with Crippen molar-refractivity contribution in [3.8, 4) is 0 Å². The molecule has 0 radical (unpaired) electrons. The van der Waals surface area contributed by atoms with E-state index in [0.717, 1.165) is 30.5 Å². The normalized spacial score (nSPS) is 26.6. The lowest BCUT2D eigenvalue weighted by atomic mass is 9.72.